The van der Waals surface area contributed by atoms with E-state index < -0.39 is 10.8 Å². The smallest absolute Gasteiger partial charge is 0.270 e. The van der Waals surface area contributed by atoms with Crippen molar-refractivity contribution in [1.29, 1.82) is 0 Å². The van der Waals surface area contributed by atoms with Crippen LogP contribution in [0.4, 0.5) is 5.69 Å². The lowest BCUT2D eigenvalue weighted by Crippen LogP contribution is -2.33. The number of rotatable bonds is 3. The van der Waals surface area contributed by atoms with Gasteiger partial charge in [-0.05, 0) is 17.9 Å². The first kappa shape index (κ1) is 15.4. The van der Waals surface area contributed by atoms with Gasteiger partial charge in [0, 0.05) is 25.1 Å². The molecule has 1 unspecified atom stereocenters. The highest BCUT2D eigenvalue weighted by atomic mass is 35.5. The van der Waals surface area contributed by atoms with Gasteiger partial charge in [-0.25, -0.2) is 0 Å². The summed E-state index contributed by atoms with van der Waals surface area (Å²) < 4.78 is 0. The van der Waals surface area contributed by atoms with Crippen LogP contribution in [0.25, 0.3) is 0 Å². The summed E-state index contributed by atoms with van der Waals surface area (Å²) in [5.41, 5.74) is -0.238. The molecule has 112 valence electrons. The molecule has 0 N–H and O–H groups in total. The zero-order valence-electron chi connectivity index (χ0n) is 11.7. The quantitative estimate of drug-likeness (QED) is 0.488. The maximum Gasteiger partial charge on any atom is 0.270 e. The van der Waals surface area contributed by atoms with Crippen molar-refractivity contribution in [2.24, 2.45) is 11.8 Å². The van der Waals surface area contributed by atoms with Crippen molar-refractivity contribution in [2.45, 2.75) is 20.3 Å². The first-order chi connectivity index (χ1) is 9.81. The van der Waals surface area contributed by atoms with Gasteiger partial charge in [0.2, 0.25) is 5.91 Å². The Balaban J connectivity index is 2.30. The normalized spacial score (nSPS) is 18.4. The topological polar surface area (TPSA) is 80.5 Å². The van der Waals surface area contributed by atoms with Crippen LogP contribution in [-0.4, -0.2) is 28.2 Å². The van der Waals surface area contributed by atoms with Gasteiger partial charge < -0.3 is 0 Å². The van der Waals surface area contributed by atoms with E-state index in [1.807, 2.05) is 13.8 Å². The summed E-state index contributed by atoms with van der Waals surface area (Å²) in [4.78, 5) is 35.7. The molecule has 1 aromatic carbocycles. The highest BCUT2D eigenvalue weighted by molar-refractivity contribution is 6.34. The highest BCUT2D eigenvalue weighted by Gasteiger charge is 2.36. The van der Waals surface area contributed by atoms with Crippen molar-refractivity contribution in [1.82, 2.24) is 4.90 Å². The van der Waals surface area contributed by atoms with Gasteiger partial charge in [0.15, 0.2) is 0 Å². The molecule has 0 saturated carbocycles. The molecule has 2 amide bonds. The van der Waals surface area contributed by atoms with E-state index in [1.54, 1.807) is 0 Å². The second kappa shape index (κ2) is 5.81. The summed E-state index contributed by atoms with van der Waals surface area (Å²) in [6.07, 6.45) is 0.315. The van der Waals surface area contributed by atoms with E-state index in [4.69, 9.17) is 11.6 Å². The molecule has 1 atom stereocenters. The summed E-state index contributed by atoms with van der Waals surface area (Å²) in [7, 11) is 0. The molecule has 0 spiro atoms. The Morgan fingerprint density at radius 2 is 2.14 bits per heavy atom. The summed E-state index contributed by atoms with van der Waals surface area (Å²) in [5, 5.41) is 10.9. The first-order valence-electron chi connectivity index (χ1n) is 6.60. The number of nitro benzene ring substituents is 1. The zero-order valence-corrected chi connectivity index (χ0v) is 12.5. The molecular formula is C14H15ClN2O4. The molecule has 1 fully saturated rings. The van der Waals surface area contributed by atoms with Crippen molar-refractivity contribution in [2.75, 3.05) is 6.54 Å². The molecule has 1 aliphatic heterocycles. The van der Waals surface area contributed by atoms with Crippen LogP contribution < -0.4 is 0 Å². The number of benzene rings is 1. The lowest BCUT2D eigenvalue weighted by molar-refractivity contribution is -0.384. The van der Waals surface area contributed by atoms with Gasteiger partial charge in [-0.1, -0.05) is 25.4 Å². The number of non-ortho nitro benzene ring substituents is 1. The third-order valence-corrected chi connectivity index (χ3v) is 4.06. The van der Waals surface area contributed by atoms with E-state index in [9.17, 15) is 19.7 Å². The van der Waals surface area contributed by atoms with Crippen LogP contribution in [0.2, 0.25) is 5.02 Å². The van der Waals surface area contributed by atoms with Crippen molar-refractivity contribution < 1.29 is 14.5 Å². The van der Waals surface area contributed by atoms with E-state index >= 15 is 0 Å². The highest BCUT2D eigenvalue weighted by Crippen LogP contribution is 2.29. The molecule has 21 heavy (non-hydrogen) atoms. The predicted molar refractivity (Wildman–Crippen MR) is 77.1 cm³/mol. The Morgan fingerprint density at radius 1 is 1.48 bits per heavy atom. The molecule has 1 aromatic rings. The predicted octanol–water partition coefficient (Wildman–Crippen LogP) is 2.89. The van der Waals surface area contributed by atoms with Crippen LogP contribution in [-0.2, 0) is 4.79 Å². The van der Waals surface area contributed by atoms with E-state index in [1.165, 1.54) is 12.1 Å². The maximum atomic E-state index is 12.4. The van der Waals surface area contributed by atoms with Gasteiger partial charge in [-0.2, -0.15) is 0 Å². The van der Waals surface area contributed by atoms with Crippen LogP contribution >= 0.6 is 11.6 Å². The number of hydrogen-bond donors (Lipinski definition) is 0. The summed E-state index contributed by atoms with van der Waals surface area (Å²) in [5.74, 6) is -0.440. The Labute approximate surface area is 126 Å². The van der Waals surface area contributed by atoms with Crippen molar-refractivity contribution in [3.05, 3.63) is 38.9 Å². The number of carbonyl (C=O) groups excluding carboxylic acids is 2. The minimum atomic E-state index is -0.601. The molecule has 1 saturated heterocycles. The van der Waals surface area contributed by atoms with Gasteiger partial charge in [-0.3, -0.25) is 24.6 Å². The van der Waals surface area contributed by atoms with Crippen molar-refractivity contribution in [3.63, 3.8) is 0 Å². The molecule has 0 aliphatic carbocycles. The second-order valence-corrected chi connectivity index (χ2v) is 5.85. The van der Waals surface area contributed by atoms with E-state index in [0.29, 0.717) is 13.0 Å². The SMILES string of the molecule is CC(C)C1CC(=O)N(C(=O)c2cc([N+](=O)[O-])ccc2Cl)C1. The number of amides is 2. The number of likely N-dealkylation sites (tertiary alicyclic amines) is 1. The Hall–Kier alpha value is -1.95. The van der Waals surface area contributed by atoms with Crippen LogP contribution in [0.15, 0.2) is 18.2 Å². The molecule has 0 bridgehead atoms. The fourth-order valence-corrected chi connectivity index (χ4v) is 2.51. The third-order valence-electron chi connectivity index (χ3n) is 3.73. The fourth-order valence-electron chi connectivity index (χ4n) is 2.31. The molecular weight excluding hydrogens is 296 g/mol. The standard InChI is InChI=1S/C14H15ClN2O4/c1-8(2)9-5-13(18)16(7-9)14(19)11-6-10(17(20)21)3-4-12(11)15/h3-4,6,8-9H,5,7H2,1-2H3. The van der Waals surface area contributed by atoms with Gasteiger partial charge in [-0.15, -0.1) is 0 Å². The lowest BCUT2D eigenvalue weighted by atomic mass is 9.95. The minimum Gasteiger partial charge on any atom is -0.278 e. The molecule has 6 nitrogen and oxygen atoms in total. The number of nitro groups is 1. The van der Waals surface area contributed by atoms with Crippen molar-refractivity contribution in [3.8, 4) is 0 Å². The lowest BCUT2D eigenvalue weighted by Gasteiger charge is -2.17. The zero-order chi connectivity index (χ0) is 15.7. The van der Waals surface area contributed by atoms with Crippen LogP contribution in [0, 0.1) is 22.0 Å². The van der Waals surface area contributed by atoms with E-state index in [-0.39, 0.29) is 34.0 Å². The fraction of sp³-hybridized carbons (Fsp3) is 0.429. The third kappa shape index (κ3) is 3.05. The summed E-state index contributed by atoms with van der Waals surface area (Å²) in [6, 6.07) is 3.63. The first-order valence-corrected chi connectivity index (χ1v) is 6.97. The Kier molecular flexibility index (Phi) is 4.27. The average molecular weight is 311 g/mol. The molecule has 2 rings (SSSR count). The Morgan fingerprint density at radius 3 is 2.67 bits per heavy atom. The van der Waals surface area contributed by atoms with E-state index in [2.05, 4.69) is 0 Å². The summed E-state index contributed by atoms with van der Waals surface area (Å²) in [6.45, 7) is 4.31. The number of halogens is 1. The second-order valence-electron chi connectivity index (χ2n) is 5.44. The number of carbonyl (C=O) groups is 2. The number of imide groups is 1. The van der Waals surface area contributed by atoms with Crippen LogP contribution in [0.3, 0.4) is 0 Å². The largest absolute Gasteiger partial charge is 0.278 e. The van der Waals surface area contributed by atoms with Crippen LogP contribution in [0.1, 0.15) is 30.6 Å². The van der Waals surface area contributed by atoms with Gasteiger partial charge in [0.25, 0.3) is 11.6 Å². The monoisotopic (exact) mass is 310 g/mol. The minimum absolute atomic E-state index is 0.0105. The molecule has 7 heteroatoms. The van der Waals surface area contributed by atoms with Gasteiger partial charge in [0.1, 0.15) is 0 Å². The van der Waals surface area contributed by atoms with Crippen molar-refractivity contribution >= 4 is 29.1 Å². The molecule has 1 aliphatic rings. The van der Waals surface area contributed by atoms with Gasteiger partial charge >= 0.3 is 0 Å². The number of hydrogen-bond acceptors (Lipinski definition) is 4. The molecule has 0 radical (unpaired) electrons. The Bertz CT molecular complexity index is 615. The van der Waals surface area contributed by atoms with E-state index in [0.717, 1.165) is 11.0 Å². The molecule has 1 heterocycles. The van der Waals surface area contributed by atoms with Gasteiger partial charge in [0.05, 0.1) is 15.5 Å². The number of nitrogens with zero attached hydrogens (tertiary/aromatic N) is 2. The van der Waals surface area contributed by atoms with Crippen LogP contribution in [0.5, 0.6) is 0 Å². The summed E-state index contributed by atoms with van der Waals surface area (Å²) >= 11 is 5.94. The maximum absolute atomic E-state index is 12.4. The molecule has 0 aromatic heterocycles. The average Bonchev–Trinajstić information content (AvgIpc) is 2.80.